The van der Waals surface area contributed by atoms with Crippen LogP contribution in [0.25, 0.3) is 5.57 Å². The fourth-order valence-electron chi connectivity index (χ4n) is 3.39. The lowest BCUT2D eigenvalue weighted by Gasteiger charge is -2.15. The molecule has 5 nitrogen and oxygen atoms in total. The average molecular weight is 467 g/mol. The Bertz CT molecular complexity index is 1190. The second-order valence-electron chi connectivity index (χ2n) is 7.50. The zero-order valence-corrected chi connectivity index (χ0v) is 18.9. The summed E-state index contributed by atoms with van der Waals surface area (Å²) < 4.78 is 5.67. The third kappa shape index (κ3) is 4.49. The van der Waals surface area contributed by atoms with Crippen LogP contribution in [0.3, 0.4) is 0 Å². The molecule has 1 heterocycles. The van der Waals surface area contributed by atoms with E-state index in [9.17, 15) is 9.59 Å². The molecule has 3 aromatic rings. The molecule has 0 bridgehead atoms. The van der Waals surface area contributed by atoms with Crippen molar-refractivity contribution in [2.24, 2.45) is 0 Å². The molecule has 1 aliphatic heterocycles. The van der Waals surface area contributed by atoms with E-state index in [1.165, 1.54) is 0 Å². The van der Waals surface area contributed by atoms with Crippen molar-refractivity contribution in [3.8, 4) is 5.75 Å². The van der Waals surface area contributed by atoms with E-state index in [-0.39, 0.29) is 17.4 Å². The smallest absolute Gasteiger partial charge is 0.282 e. The Morgan fingerprint density at radius 3 is 1.91 bits per heavy atom. The van der Waals surface area contributed by atoms with Crippen LogP contribution in [0.5, 0.6) is 5.75 Å². The number of hydrogen-bond donors (Lipinski definition) is 1. The predicted molar refractivity (Wildman–Crippen MR) is 128 cm³/mol. The van der Waals surface area contributed by atoms with Crippen LogP contribution in [0.4, 0.5) is 11.4 Å². The molecule has 0 aromatic heterocycles. The third-order valence-corrected chi connectivity index (χ3v) is 5.30. The summed E-state index contributed by atoms with van der Waals surface area (Å²) in [5.74, 6) is -0.166. The molecule has 0 saturated heterocycles. The number of nitrogens with one attached hydrogen (secondary N) is 1. The van der Waals surface area contributed by atoms with Gasteiger partial charge < -0.3 is 10.1 Å². The number of nitrogens with zero attached hydrogens (tertiary/aromatic N) is 1. The Balaban J connectivity index is 1.73. The molecule has 7 heteroatoms. The molecule has 2 amide bonds. The van der Waals surface area contributed by atoms with Crippen LogP contribution in [0.15, 0.2) is 78.5 Å². The van der Waals surface area contributed by atoms with E-state index in [1.807, 2.05) is 26.0 Å². The molecule has 32 heavy (non-hydrogen) atoms. The molecule has 0 saturated carbocycles. The number of rotatable bonds is 6. The van der Waals surface area contributed by atoms with Crippen molar-refractivity contribution in [2.45, 2.75) is 20.0 Å². The third-order valence-electron chi connectivity index (χ3n) is 4.80. The molecule has 1 N–H and O–H groups in total. The lowest BCUT2D eigenvalue weighted by molar-refractivity contribution is -0.120. The Morgan fingerprint density at radius 2 is 1.34 bits per heavy atom. The molecule has 3 aromatic carbocycles. The van der Waals surface area contributed by atoms with Crippen molar-refractivity contribution in [1.82, 2.24) is 0 Å². The van der Waals surface area contributed by atoms with Gasteiger partial charge in [-0.1, -0.05) is 35.3 Å². The summed E-state index contributed by atoms with van der Waals surface area (Å²) in [4.78, 5) is 27.9. The predicted octanol–water partition coefficient (Wildman–Crippen LogP) is 6.18. The maximum atomic E-state index is 13.4. The number of hydrogen-bond acceptors (Lipinski definition) is 4. The summed E-state index contributed by atoms with van der Waals surface area (Å²) in [6, 6.07) is 20.6. The van der Waals surface area contributed by atoms with Crippen molar-refractivity contribution in [3.05, 3.63) is 94.1 Å². The topological polar surface area (TPSA) is 58.6 Å². The standard InChI is InChI=1S/C25H20Cl2N2O3/c1-15(2)32-21-13-9-19(10-14-21)28-23-22(16-3-5-17(26)6-4-16)24(30)29(25(23)31)20-11-7-18(27)8-12-20/h3-15,28H,1-2H3. The monoisotopic (exact) mass is 466 g/mol. The van der Waals surface area contributed by atoms with Gasteiger partial charge in [0.15, 0.2) is 0 Å². The minimum atomic E-state index is -0.454. The molecular weight excluding hydrogens is 447 g/mol. The van der Waals surface area contributed by atoms with Crippen LogP contribution in [-0.4, -0.2) is 17.9 Å². The minimum Gasteiger partial charge on any atom is -0.491 e. The molecule has 0 spiro atoms. The lowest BCUT2D eigenvalue weighted by atomic mass is 10.0. The number of ether oxygens (including phenoxy) is 1. The number of anilines is 2. The van der Waals surface area contributed by atoms with Gasteiger partial charge in [0.2, 0.25) is 0 Å². The number of carbonyl (C=O) groups excluding carboxylic acids is 2. The van der Waals surface area contributed by atoms with E-state index >= 15 is 0 Å². The molecule has 0 aliphatic carbocycles. The van der Waals surface area contributed by atoms with Crippen LogP contribution < -0.4 is 15.0 Å². The van der Waals surface area contributed by atoms with Gasteiger partial charge in [-0.15, -0.1) is 0 Å². The molecule has 0 radical (unpaired) electrons. The van der Waals surface area contributed by atoms with Gasteiger partial charge in [-0.05, 0) is 80.1 Å². The zero-order valence-electron chi connectivity index (χ0n) is 17.4. The van der Waals surface area contributed by atoms with Gasteiger partial charge in [0.25, 0.3) is 11.8 Å². The molecule has 162 valence electrons. The summed E-state index contributed by atoms with van der Waals surface area (Å²) >= 11 is 12.0. The second-order valence-corrected chi connectivity index (χ2v) is 8.37. The van der Waals surface area contributed by atoms with Crippen molar-refractivity contribution < 1.29 is 14.3 Å². The molecule has 0 unspecified atom stereocenters. The fourth-order valence-corrected chi connectivity index (χ4v) is 3.64. The van der Waals surface area contributed by atoms with Crippen molar-refractivity contribution in [3.63, 3.8) is 0 Å². The van der Waals surface area contributed by atoms with Crippen molar-refractivity contribution in [1.29, 1.82) is 0 Å². The maximum absolute atomic E-state index is 13.4. The van der Waals surface area contributed by atoms with Gasteiger partial charge >= 0.3 is 0 Å². The Kier molecular flexibility index (Phi) is 6.21. The summed E-state index contributed by atoms with van der Waals surface area (Å²) in [5, 5.41) is 4.18. The highest BCUT2D eigenvalue weighted by molar-refractivity contribution is 6.46. The van der Waals surface area contributed by atoms with Gasteiger partial charge in [-0.25, -0.2) is 4.90 Å². The van der Waals surface area contributed by atoms with Gasteiger partial charge in [0, 0.05) is 15.7 Å². The van der Waals surface area contributed by atoms with Gasteiger partial charge in [-0.3, -0.25) is 9.59 Å². The number of carbonyl (C=O) groups is 2. The molecule has 0 fully saturated rings. The van der Waals surface area contributed by atoms with Crippen molar-refractivity contribution >= 4 is 52.0 Å². The van der Waals surface area contributed by atoms with E-state index in [4.69, 9.17) is 27.9 Å². The van der Waals surface area contributed by atoms with Crippen LogP contribution in [0.1, 0.15) is 19.4 Å². The largest absolute Gasteiger partial charge is 0.491 e. The quantitative estimate of drug-likeness (QED) is 0.440. The van der Waals surface area contributed by atoms with Crippen LogP contribution >= 0.6 is 23.2 Å². The number of imide groups is 1. The summed E-state index contributed by atoms with van der Waals surface area (Å²) in [6.07, 6.45) is 0.0509. The van der Waals surface area contributed by atoms with Gasteiger partial charge in [0.05, 0.1) is 17.4 Å². The first-order chi connectivity index (χ1) is 15.3. The van der Waals surface area contributed by atoms with E-state index in [0.29, 0.717) is 32.7 Å². The molecule has 1 aliphatic rings. The van der Waals surface area contributed by atoms with E-state index in [2.05, 4.69) is 5.32 Å². The number of amides is 2. The Hall–Kier alpha value is -3.28. The second kappa shape index (κ2) is 9.07. The maximum Gasteiger partial charge on any atom is 0.282 e. The summed E-state index contributed by atoms with van der Waals surface area (Å²) in [6.45, 7) is 3.90. The first kappa shape index (κ1) is 21.9. The highest BCUT2D eigenvalue weighted by Crippen LogP contribution is 2.34. The number of halogens is 2. The first-order valence-electron chi connectivity index (χ1n) is 10.0. The minimum absolute atomic E-state index is 0.0509. The lowest BCUT2D eigenvalue weighted by Crippen LogP contribution is -2.32. The molecule has 0 atom stereocenters. The molecular formula is C25H20Cl2N2O3. The first-order valence-corrected chi connectivity index (χ1v) is 10.8. The normalized spacial score (nSPS) is 13.8. The van der Waals surface area contributed by atoms with Gasteiger partial charge in [0.1, 0.15) is 11.4 Å². The molecule has 4 rings (SSSR count). The van der Waals surface area contributed by atoms with E-state index in [0.717, 1.165) is 4.90 Å². The number of benzene rings is 3. The van der Waals surface area contributed by atoms with E-state index in [1.54, 1.807) is 60.7 Å². The van der Waals surface area contributed by atoms with Crippen LogP contribution in [0.2, 0.25) is 10.0 Å². The highest BCUT2D eigenvalue weighted by atomic mass is 35.5. The van der Waals surface area contributed by atoms with Gasteiger partial charge in [-0.2, -0.15) is 0 Å². The van der Waals surface area contributed by atoms with E-state index < -0.39 is 11.8 Å². The SMILES string of the molecule is CC(C)Oc1ccc(NC2=C(c3ccc(Cl)cc3)C(=O)N(c3ccc(Cl)cc3)C2=O)cc1. The fraction of sp³-hybridized carbons (Fsp3) is 0.120. The van der Waals surface area contributed by atoms with Crippen LogP contribution in [0, 0.1) is 0 Å². The highest BCUT2D eigenvalue weighted by Gasteiger charge is 2.40. The van der Waals surface area contributed by atoms with Crippen molar-refractivity contribution in [2.75, 3.05) is 10.2 Å². The summed E-state index contributed by atoms with van der Waals surface area (Å²) in [7, 11) is 0. The Morgan fingerprint density at radius 1 is 0.781 bits per heavy atom. The van der Waals surface area contributed by atoms with Crippen LogP contribution in [-0.2, 0) is 9.59 Å². The summed E-state index contributed by atoms with van der Waals surface area (Å²) in [5.41, 5.74) is 2.13. The zero-order chi connectivity index (χ0) is 22.8. The average Bonchev–Trinajstić information content (AvgIpc) is 3.00. The Labute approximate surface area is 196 Å².